The van der Waals surface area contributed by atoms with Crippen LogP contribution in [0.15, 0.2) is 54.9 Å². The molecule has 1 aliphatic rings. The van der Waals surface area contributed by atoms with Crippen LogP contribution in [0.4, 0.5) is 17.6 Å². The van der Waals surface area contributed by atoms with Gasteiger partial charge in [0.15, 0.2) is 5.69 Å². The molecule has 1 aliphatic carbocycles. The van der Waals surface area contributed by atoms with Crippen molar-refractivity contribution in [1.82, 2.24) is 9.97 Å². The van der Waals surface area contributed by atoms with Crippen LogP contribution < -0.4 is 4.74 Å². The molecule has 9 heteroatoms. The second-order valence-corrected chi connectivity index (χ2v) is 7.68. The van der Waals surface area contributed by atoms with Crippen molar-refractivity contribution in [3.05, 3.63) is 88.8 Å². The number of ether oxygens (including phenoxy) is 2. The van der Waals surface area contributed by atoms with Gasteiger partial charge in [-0.1, -0.05) is 18.2 Å². The maximum Gasteiger partial charge on any atom is 0.416 e. The summed E-state index contributed by atoms with van der Waals surface area (Å²) < 4.78 is 65.1. The molecule has 0 N–H and O–H groups in total. The number of aromatic nitrogens is 2. The molecule has 0 spiro atoms. The lowest BCUT2D eigenvalue weighted by Crippen LogP contribution is -2.08. The largest absolute Gasteiger partial charge is 0.488 e. The molecule has 2 aromatic carbocycles. The molecular formula is C25H20F4N2O3. The first-order chi connectivity index (χ1) is 16.3. The third-order valence-corrected chi connectivity index (χ3v) is 5.53. The molecule has 0 aliphatic heterocycles. The molecule has 176 valence electrons. The van der Waals surface area contributed by atoms with Crippen LogP contribution >= 0.6 is 0 Å². The molecule has 5 nitrogen and oxygen atoms in total. The zero-order valence-corrected chi connectivity index (χ0v) is 18.2. The quantitative estimate of drug-likeness (QED) is 0.321. The molecule has 3 aromatic rings. The van der Waals surface area contributed by atoms with Gasteiger partial charge in [-0.25, -0.2) is 14.2 Å². The van der Waals surface area contributed by atoms with E-state index in [1.54, 1.807) is 18.2 Å². The Labute approximate surface area is 193 Å². The van der Waals surface area contributed by atoms with Crippen molar-refractivity contribution in [2.24, 2.45) is 0 Å². The molecule has 34 heavy (non-hydrogen) atoms. The monoisotopic (exact) mass is 472 g/mol. The van der Waals surface area contributed by atoms with Crippen LogP contribution in [0.2, 0.25) is 0 Å². The van der Waals surface area contributed by atoms with Crippen molar-refractivity contribution in [1.29, 1.82) is 0 Å². The minimum atomic E-state index is -4.55. The van der Waals surface area contributed by atoms with Gasteiger partial charge in [-0.15, -0.1) is 0 Å². The van der Waals surface area contributed by atoms with E-state index in [-0.39, 0.29) is 29.2 Å². The number of allylic oxidation sites excluding steroid dienone is 2. The number of benzene rings is 2. The van der Waals surface area contributed by atoms with E-state index >= 15 is 0 Å². The number of alkyl halides is 3. The fraction of sp³-hybridized carbons (Fsp3) is 0.240. The SMILES string of the molecule is COC(=O)c1cncc(C2=C(c3cc(C(F)(F)F)ccc3OCc3ccccc3F)CCC2)n1. The lowest BCUT2D eigenvalue weighted by Gasteiger charge is -2.17. The maximum atomic E-state index is 14.0. The minimum Gasteiger partial charge on any atom is -0.488 e. The number of esters is 1. The van der Waals surface area contributed by atoms with Crippen molar-refractivity contribution in [3.8, 4) is 5.75 Å². The molecule has 0 saturated heterocycles. The Bertz CT molecular complexity index is 1250. The Balaban J connectivity index is 1.79. The molecule has 1 heterocycles. The van der Waals surface area contributed by atoms with Crippen molar-refractivity contribution < 1.29 is 31.8 Å². The van der Waals surface area contributed by atoms with E-state index in [4.69, 9.17) is 4.74 Å². The van der Waals surface area contributed by atoms with E-state index in [0.717, 1.165) is 12.1 Å². The van der Waals surface area contributed by atoms with Crippen LogP contribution in [0.3, 0.4) is 0 Å². The number of methoxy groups -OCH3 is 1. The molecule has 0 atom stereocenters. The van der Waals surface area contributed by atoms with E-state index in [2.05, 4.69) is 14.7 Å². The summed E-state index contributed by atoms with van der Waals surface area (Å²) in [7, 11) is 1.22. The molecule has 0 bridgehead atoms. The number of carbonyl (C=O) groups is 1. The van der Waals surface area contributed by atoms with E-state index in [1.807, 2.05) is 0 Å². The Morgan fingerprint density at radius 1 is 1.06 bits per heavy atom. The van der Waals surface area contributed by atoms with E-state index in [0.29, 0.717) is 36.1 Å². The van der Waals surface area contributed by atoms with E-state index in [9.17, 15) is 22.4 Å². The van der Waals surface area contributed by atoms with Crippen LogP contribution in [-0.2, 0) is 17.5 Å². The van der Waals surface area contributed by atoms with E-state index < -0.39 is 23.5 Å². The fourth-order valence-corrected chi connectivity index (χ4v) is 3.88. The first-order valence-corrected chi connectivity index (χ1v) is 10.5. The van der Waals surface area contributed by atoms with Crippen molar-refractivity contribution >= 4 is 17.1 Å². The average molecular weight is 472 g/mol. The molecule has 1 aromatic heterocycles. The zero-order chi connectivity index (χ0) is 24.3. The third-order valence-electron chi connectivity index (χ3n) is 5.53. The summed E-state index contributed by atoms with van der Waals surface area (Å²) in [5, 5.41) is 0. The van der Waals surface area contributed by atoms with Gasteiger partial charge in [-0.05, 0) is 54.7 Å². The van der Waals surface area contributed by atoms with Crippen molar-refractivity contribution in [3.63, 3.8) is 0 Å². The first kappa shape index (κ1) is 23.4. The molecule has 0 unspecified atom stereocenters. The summed E-state index contributed by atoms with van der Waals surface area (Å²) in [4.78, 5) is 20.2. The molecule has 4 rings (SSSR count). The molecule has 0 saturated carbocycles. The summed E-state index contributed by atoms with van der Waals surface area (Å²) in [6.45, 7) is -0.148. The first-order valence-electron chi connectivity index (χ1n) is 10.5. The summed E-state index contributed by atoms with van der Waals surface area (Å²) in [6, 6.07) is 9.26. The van der Waals surface area contributed by atoms with Gasteiger partial charge >= 0.3 is 12.1 Å². The smallest absolute Gasteiger partial charge is 0.416 e. The van der Waals surface area contributed by atoms with Crippen LogP contribution in [-0.4, -0.2) is 23.0 Å². The number of carbonyl (C=O) groups excluding carboxylic acids is 1. The molecular weight excluding hydrogens is 452 g/mol. The van der Waals surface area contributed by atoms with Gasteiger partial charge < -0.3 is 9.47 Å². The lowest BCUT2D eigenvalue weighted by molar-refractivity contribution is -0.137. The van der Waals surface area contributed by atoms with Gasteiger partial charge in [0.2, 0.25) is 0 Å². The number of nitrogens with zero attached hydrogens (tertiary/aromatic N) is 2. The molecule has 0 radical (unpaired) electrons. The molecule has 0 amide bonds. The highest BCUT2D eigenvalue weighted by atomic mass is 19.4. The summed E-state index contributed by atoms with van der Waals surface area (Å²) in [5.74, 6) is -0.933. The van der Waals surface area contributed by atoms with Gasteiger partial charge in [-0.2, -0.15) is 13.2 Å². The average Bonchev–Trinajstić information content (AvgIpc) is 3.32. The zero-order valence-electron chi connectivity index (χ0n) is 18.2. The van der Waals surface area contributed by atoms with Gasteiger partial charge in [0.1, 0.15) is 18.2 Å². The highest BCUT2D eigenvalue weighted by Gasteiger charge is 2.32. The lowest BCUT2D eigenvalue weighted by atomic mass is 9.97. The summed E-state index contributed by atoms with van der Waals surface area (Å²) >= 11 is 0. The number of hydrogen-bond donors (Lipinski definition) is 0. The number of rotatable bonds is 6. The summed E-state index contributed by atoms with van der Waals surface area (Å²) in [6.07, 6.45) is -0.132. The Kier molecular flexibility index (Phi) is 6.63. The number of halogens is 4. The minimum absolute atomic E-state index is 0.00109. The van der Waals surface area contributed by atoms with Gasteiger partial charge in [0.25, 0.3) is 0 Å². The maximum absolute atomic E-state index is 14.0. The molecule has 0 fully saturated rings. The van der Waals surface area contributed by atoms with E-state index in [1.165, 1.54) is 31.6 Å². The predicted octanol–water partition coefficient (Wildman–Crippen LogP) is 6.09. The topological polar surface area (TPSA) is 61.3 Å². The van der Waals surface area contributed by atoms with Gasteiger partial charge in [0, 0.05) is 11.1 Å². The van der Waals surface area contributed by atoms with Crippen LogP contribution in [0.5, 0.6) is 5.75 Å². The van der Waals surface area contributed by atoms with Crippen LogP contribution in [0, 0.1) is 5.82 Å². The van der Waals surface area contributed by atoms with Crippen molar-refractivity contribution in [2.75, 3.05) is 7.11 Å². The Morgan fingerprint density at radius 3 is 2.56 bits per heavy atom. The van der Waals surface area contributed by atoms with Crippen LogP contribution in [0.25, 0.3) is 11.1 Å². The van der Waals surface area contributed by atoms with Gasteiger partial charge in [0.05, 0.1) is 30.8 Å². The Morgan fingerprint density at radius 2 is 1.82 bits per heavy atom. The Hall–Kier alpha value is -3.75. The summed E-state index contributed by atoms with van der Waals surface area (Å²) in [5.41, 5.74) is 1.38. The second-order valence-electron chi connectivity index (χ2n) is 7.68. The normalized spacial score (nSPS) is 13.8. The highest BCUT2D eigenvalue weighted by Crippen LogP contribution is 2.44. The van der Waals surface area contributed by atoms with Gasteiger partial charge in [-0.3, -0.25) is 4.98 Å². The van der Waals surface area contributed by atoms with Crippen molar-refractivity contribution in [2.45, 2.75) is 32.0 Å². The standard InChI is InChI=1S/C25H20F4N2O3/c1-33-24(32)22-13-30-12-21(31-22)18-7-4-6-17(18)19-11-16(25(27,28)29)9-10-23(19)34-14-15-5-2-3-8-20(15)26/h2-3,5,8-13H,4,6-7,14H2,1H3. The second kappa shape index (κ2) is 9.62. The third kappa shape index (κ3) is 4.93. The highest BCUT2D eigenvalue weighted by molar-refractivity contribution is 5.94. The number of hydrogen-bond acceptors (Lipinski definition) is 5. The van der Waals surface area contributed by atoms with Crippen LogP contribution in [0.1, 0.15) is 52.1 Å². The predicted molar refractivity (Wildman–Crippen MR) is 116 cm³/mol. The fourth-order valence-electron chi connectivity index (χ4n) is 3.88.